The molecule has 238 valence electrons. The number of nitrogens with zero attached hydrogens (tertiary/aromatic N) is 2. The summed E-state index contributed by atoms with van der Waals surface area (Å²) in [6.45, 7) is 6.42. The highest BCUT2D eigenvalue weighted by Crippen LogP contribution is 2.55. The highest BCUT2D eigenvalue weighted by atomic mass is 16.2. The molecule has 0 aromatic heterocycles. The SMILES string of the molecule is C=O.CC(=O)N(C=O)c1ccc(CCNC(=O)C23CCC(C=O)(CC2)CC3)cc1.CNCCc1ccc(N(C)C(C)=O)cc1. The molecule has 4 amide bonds. The van der Waals surface area contributed by atoms with Crippen LogP contribution in [0.5, 0.6) is 0 Å². The van der Waals surface area contributed by atoms with E-state index in [2.05, 4.69) is 22.8 Å². The predicted octanol–water partition coefficient (Wildman–Crippen LogP) is 3.64. The lowest BCUT2D eigenvalue weighted by Crippen LogP contribution is -2.50. The first kappa shape index (κ1) is 36.0. The quantitative estimate of drug-likeness (QED) is 0.373. The molecule has 44 heavy (non-hydrogen) atoms. The molecule has 2 aromatic rings. The van der Waals surface area contributed by atoms with Gasteiger partial charge in [0.25, 0.3) is 0 Å². The second-order valence-corrected chi connectivity index (χ2v) is 11.5. The summed E-state index contributed by atoms with van der Waals surface area (Å²) in [7, 11) is 3.73. The standard InChI is InChI=1S/C21H26N2O4.C12H18N2O.CH2O/c1-16(26)23(15-25)18-4-2-17(3-5-18)6-13-22-19(27)21-10-7-20(14-24,8-11-21)9-12-21;1-10(15)14(3)12-6-4-11(5-7-12)8-9-13-2;1-2/h2-5,14-15H,6-13H2,1H3,(H,22,27);4-7,13H,8-9H2,1-3H3;1H2. The van der Waals surface area contributed by atoms with Crippen molar-refractivity contribution in [1.82, 2.24) is 10.6 Å². The Labute approximate surface area is 260 Å². The number of fused-ring (bicyclic) bond motifs is 3. The number of benzene rings is 2. The lowest BCUT2D eigenvalue weighted by molar-refractivity contribution is -0.144. The number of rotatable bonds is 11. The molecule has 2 bridgehead atoms. The van der Waals surface area contributed by atoms with Crippen LogP contribution in [-0.4, -0.2) is 64.4 Å². The van der Waals surface area contributed by atoms with Crippen molar-refractivity contribution in [3.05, 3.63) is 59.7 Å². The number of amides is 4. The van der Waals surface area contributed by atoms with Gasteiger partial charge in [-0.15, -0.1) is 0 Å². The number of carbonyl (C=O) groups excluding carboxylic acids is 6. The summed E-state index contributed by atoms with van der Waals surface area (Å²) < 4.78 is 0. The monoisotopic (exact) mass is 606 g/mol. The second kappa shape index (κ2) is 17.2. The third-order valence-electron chi connectivity index (χ3n) is 8.85. The molecule has 0 radical (unpaired) electrons. The van der Waals surface area contributed by atoms with Gasteiger partial charge in [0.15, 0.2) is 0 Å². The van der Waals surface area contributed by atoms with Gasteiger partial charge < -0.3 is 25.1 Å². The molecular formula is C34H46N4O6. The van der Waals surface area contributed by atoms with Crippen LogP contribution in [0.25, 0.3) is 0 Å². The van der Waals surface area contributed by atoms with Crippen molar-refractivity contribution in [1.29, 1.82) is 0 Å². The molecule has 2 N–H and O–H groups in total. The molecule has 10 heteroatoms. The van der Waals surface area contributed by atoms with E-state index >= 15 is 0 Å². The number of nitrogens with one attached hydrogen (secondary N) is 2. The third-order valence-corrected chi connectivity index (χ3v) is 8.85. The Morgan fingerprint density at radius 1 is 0.773 bits per heavy atom. The molecule has 10 nitrogen and oxygen atoms in total. The molecule has 3 fully saturated rings. The van der Waals surface area contributed by atoms with Crippen molar-refractivity contribution in [2.75, 3.05) is 37.0 Å². The summed E-state index contributed by atoms with van der Waals surface area (Å²) in [4.78, 5) is 68.2. The first-order valence-electron chi connectivity index (χ1n) is 14.9. The molecule has 0 spiro atoms. The lowest BCUT2D eigenvalue weighted by atomic mass is 9.54. The normalized spacial score (nSPS) is 19.6. The van der Waals surface area contributed by atoms with Crippen LogP contribution < -0.4 is 20.4 Å². The summed E-state index contributed by atoms with van der Waals surface area (Å²) in [5.74, 6) is -0.164. The zero-order valence-electron chi connectivity index (χ0n) is 26.4. The van der Waals surface area contributed by atoms with Gasteiger partial charge in [0.2, 0.25) is 24.1 Å². The minimum atomic E-state index is -0.331. The van der Waals surface area contributed by atoms with Gasteiger partial charge in [0, 0.05) is 44.0 Å². The largest absolute Gasteiger partial charge is 0.355 e. The van der Waals surface area contributed by atoms with Crippen LogP contribution in [0, 0.1) is 10.8 Å². The Balaban J connectivity index is 0.000000337. The number of carbonyl (C=O) groups is 6. The molecule has 0 aliphatic heterocycles. The fourth-order valence-electron chi connectivity index (χ4n) is 5.72. The fraction of sp³-hybridized carbons (Fsp3) is 0.471. The summed E-state index contributed by atoms with van der Waals surface area (Å²) in [5.41, 5.74) is 3.32. The molecule has 3 aliphatic carbocycles. The van der Waals surface area contributed by atoms with Crippen molar-refractivity contribution < 1.29 is 28.8 Å². The molecule has 0 atom stereocenters. The molecule has 0 saturated heterocycles. The summed E-state index contributed by atoms with van der Waals surface area (Å²) >= 11 is 0. The number of aldehydes is 1. The number of hydrogen-bond donors (Lipinski definition) is 2. The summed E-state index contributed by atoms with van der Waals surface area (Å²) in [5, 5.41) is 6.17. The Bertz CT molecular complexity index is 1240. The van der Waals surface area contributed by atoms with Crippen LogP contribution in [0.4, 0.5) is 11.4 Å². The van der Waals surface area contributed by atoms with E-state index in [-0.39, 0.29) is 28.6 Å². The average molecular weight is 607 g/mol. The maximum Gasteiger partial charge on any atom is 0.230 e. The van der Waals surface area contributed by atoms with Crippen molar-refractivity contribution in [3.63, 3.8) is 0 Å². The van der Waals surface area contributed by atoms with Gasteiger partial charge >= 0.3 is 0 Å². The zero-order valence-corrected chi connectivity index (χ0v) is 26.4. The van der Waals surface area contributed by atoms with E-state index in [0.717, 1.165) is 73.9 Å². The molecule has 3 saturated carbocycles. The van der Waals surface area contributed by atoms with Crippen LogP contribution in [0.1, 0.15) is 63.5 Å². The van der Waals surface area contributed by atoms with Gasteiger partial charge in [-0.3, -0.25) is 24.1 Å². The van der Waals surface area contributed by atoms with Crippen LogP contribution >= 0.6 is 0 Å². The molecular weight excluding hydrogens is 560 g/mol. The number of anilines is 2. The number of imide groups is 1. The van der Waals surface area contributed by atoms with Gasteiger partial charge in [0.1, 0.15) is 13.1 Å². The van der Waals surface area contributed by atoms with Crippen LogP contribution in [0.15, 0.2) is 48.5 Å². The molecule has 0 unspecified atom stereocenters. The number of likely N-dealkylation sites (N-methyl/N-ethyl adjacent to an activating group) is 1. The van der Waals surface area contributed by atoms with Crippen LogP contribution in [-0.2, 0) is 41.6 Å². The maximum absolute atomic E-state index is 12.7. The van der Waals surface area contributed by atoms with Gasteiger partial charge in [0.05, 0.1) is 5.69 Å². The lowest BCUT2D eigenvalue weighted by Gasteiger charge is -2.49. The zero-order chi connectivity index (χ0) is 32.8. The first-order valence-corrected chi connectivity index (χ1v) is 14.9. The maximum atomic E-state index is 12.7. The molecule has 5 rings (SSSR count). The van der Waals surface area contributed by atoms with E-state index in [1.165, 1.54) is 12.5 Å². The van der Waals surface area contributed by atoms with Crippen LogP contribution in [0.2, 0.25) is 0 Å². The van der Waals surface area contributed by atoms with E-state index in [1.807, 2.05) is 38.1 Å². The molecule has 2 aromatic carbocycles. The van der Waals surface area contributed by atoms with E-state index in [4.69, 9.17) is 4.79 Å². The van der Waals surface area contributed by atoms with Crippen LogP contribution in [0.3, 0.4) is 0 Å². The molecule has 0 heterocycles. The highest BCUT2D eigenvalue weighted by Gasteiger charge is 2.52. The summed E-state index contributed by atoms with van der Waals surface area (Å²) in [6.07, 6.45) is 8.21. The average Bonchev–Trinajstić information content (AvgIpc) is 3.06. The van der Waals surface area contributed by atoms with Crippen molar-refractivity contribution >= 4 is 48.6 Å². The van der Waals surface area contributed by atoms with E-state index in [0.29, 0.717) is 25.1 Å². The Morgan fingerprint density at radius 2 is 1.25 bits per heavy atom. The Hall–Kier alpha value is -4.18. The van der Waals surface area contributed by atoms with Crippen molar-refractivity contribution in [2.45, 2.75) is 65.2 Å². The fourth-order valence-corrected chi connectivity index (χ4v) is 5.72. The van der Waals surface area contributed by atoms with E-state index < -0.39 is 0 Å². The van der Waals surface area contributed by atoms with Crippen molar-refractivity contribution in [3.8, 4) is 0 Å². The third kappa shape index (κ3) is 9.41. The van der Waals surface area contributed by atoms with Gasteiger partial charge in [-0.2, -0.15) is 0 Å². The van der Waals surface area contributed by atoms with Crippen molar-refractivity contribution in [2.24, 2.45) is 10.8 Å². The Kier molecular flexibility index (Phi) is 14.1. The van der Waals surface area contributed by atoms with Gasteiger partial charge in [-0.25, -0.2) is 0 Å². The molecule has 3 aliphatic rings. The minimum absolute atomic E-state index is 0.0537. The highest BCUT2D eigenvalue weighted by molar-refractivity contribution is 6.05. The number of hydrogen-bond acceptors (Lipinski definition) is 7. The van der Waals surface area contributed by atoms with E-state index in [9.17, 15) is 24.0 Å². The summed E-state index contributed by atoms with van der Waals surface area (Å²) in [6, 6.07) is 15.3. The van der Waals surface area contributed by atoms with Gasteiger partial charge in [-0.1, -0.05) is 24.3 Å². The first-order chi connectivity index (χ1) is 21.1. The smallest absolute Gasteiger partial charge is 0.230 e. The topological polar surface area (TPSA) is 133 Å². The van der Waals surface area contributed by atoms with E-state index in [1.54, 1.807) is 31.0 Å². The predicted molar refractivity (Wildman–Crippen MR) is 171 cm³/mol. The second-order valence-electron chi connectivity index (χ2n) is 11.5. The Morgan fingerprint density at radius 3 is 1.66 bits per heavy atom. The van der Waals surface area contributed by atoms with Gasteiger partial charge in [-0.05, 0) is 100 Å². The minimum Gasteiger partial charge on any atom is -0.355 e.